The molecule has 0 aromatic carbocycles. The lowest BCUT2D eigenvalue weighted by Gasteiger charge is -2.35. The SMILES string of the molecule is Cc1nc(-c2ccncc2)sc1C(=O)N1CCN(C(=O)OC(C)(C)C)CC1. The van der Waals surface area contributed by atoms with Gasteiger partial charge in [-0.1, -0.05) is 0 Å². The zero-order chi connectivity index (χ0) is 19.6. The summed E-state index contributed by atoms with van der Waals surface area (Å²) in [5, 5.41) is 0.811. The zero-order valence-corrected chi connectivity index (χ0v) is 16.9. The molecule has 0 saturated carbocycles. The molecule has 2 aromatic rings. The van der Waals surface area contributed by atoms with Gasteiger partial charge in [0, 0.05) is 44.1 Å². The van der Waals surface area contributed by atoms with Crippen molar-refractivity contribution in [2.45, 2.75) is 33.3 Å². The molecule has 2 aromatic heterocycles. The van der Waals surface area contributed by atoms with Crippen LogP contribution in [0.15, 0.2) is 24.5 Å². The van der Waals surface area contributed by atoms with Crippen molar-refractivity contribution in [3.05, 3.63) is 35.1 Å². The average Bonchev–Trinajstić information content (AvgIpc) is 3.02. The van der Waals surface area contributed by atoms with Gasteiger partial charge in [0.25, 0.3) is 5.91 Å². The van der Waals surface area contributed by atoms with E-state index < -0.39 is 5.60 Å². The highest BCUT2D eigenvalue weighted by atomic mass is 32.1. The Bertz CT molecular complexity index is 821. The molecule has 0 bridgehead atoms. The Morgan fingerprint density at radius 1 is 1.07 bits per heavy atom. The van der Waals surface area contributed by atoms with Crippen LogP contribution in [0.25, 0.3) is 10.6 Å². The smallest absolute Gasteiger partial charge is 0.410 e. The maximum Gasteiger partial charge on any atom is 0.410 e. The van der Waals surface area contributed by atoms with Gasteiger partial charge >= 0.3 is 6.09 Å². The second-order valence-electron chi connectivity index (χ2n) is 7.43. The molecule has 0 unspecified atom stereocenters. The lowest BCUT2D eigenvalue weighted by molar-refractivity contribution is 0.0141. The molecule has 0 radical (unpaired) electrons. The molecule has 1 aliphatic rings. The normalized spacial score (nSPS) is 15.0. The molecule has 0 atom stereocenters. The Morgan fingerprint density at radius 2 is 1.67 bits per heavy atom. The molecule has 3 heterocycles. The standard InChI is InChI=1S/C19H24N4O3S/c1-13-15(27-16(21-13)14-5-7-20-8-6-14)17(24)22-9-11-23(12-10-22)18(25)26-19(2,3)4/h5-8H,9-12H2,1-4H3. The van der Waals surface area contributed by atoms with Crippen molar-refractivity contribution in [3.63, 3.8) is 0 Å². The summed E-state index contributed by atoms with van der Waals surface area (Å²) in [4.78, 5) is 37.7. The molecule has 0 aliphatic carbocycles. The maximum atomic E-state index is 12.9. The number of aryl methyl sites for hydroxylation is 1. The minimum absolute atomic E-state index is 0.0332. The van der Waals surface area contributed by atoms with Gasteiger partial charge in [-0.25, -0.2) is 9.78 Å². The van der Waals surface area contributed by atoms with Crippen molar-refractivity contribution in [1.29, 1.82) is 0 Å². The average molecular weight is 388 g/mol. The highest BCUT2D eigenvalue weighted by molar-refractivity contribution is 7.17. The van der Waals surface area contributed by atoms with E-state index in [4.69, 9.17) is 4.74 Å². The van der Waals surface area contributed by atoms with E-state index in [1.165, 1.54) is 11.3 Å². The first kappa shape index (κ1) is 19.3. The van der Waals surface area contributed by atoms with E-state index in [2.05, 4.69) is 9.97 Å². The molecule has 1 aliphatic heterocycles. The summed E-state index contributed by atoms with van der Waals surface area (Å²) in [5.74, 6) is -0.0332. The van der Waals surface area contributed by atoms with Gasteiger partial charge in [0.1, 0.15) is 15.5 Å². The highest BCUT2D eigenvalue weighted by Crippen LogP contribution is 2.28. The molecule has 27 heavy (non-hydrogen) atoms. The first-order valence-corrected chi connectivity index (χ1v) is 9.71. The van der Waals surface area contributed by atoms with Crippen LogP contribution in [0.2, 0.25) is 0 Å². The van der Waals surface area contributed by atoms with Crippen LogP contribution in [0.5, 0.6) is 0 Å². The number of hydrogen-bond acceptors (Lipinski definition) is 6. The van der Waals surface area contributed by atoms with Crippen LogP contribution in [-0.2, 0) is 4.74 Å². The summed E-state index contributed by atoms with van der Waals surface area (Å²) in [7, 11) is 0. The van der Waals surface area contributed by atoms with Crippen molar-refractivity contribution in [2.75, 3.05) is 26.2 Å². The molecule has 7 nitrogen and oxygen atoms in total. The summed E-state index contributed by atoms with van der Waals surface area (Å²) in [5.41, 5.74) is 1.16. The summed E-state index contributed by atoms with van der Waals surface area (Å²) in [6.07, 6.45) is 3.09. The Morgan fingerprint density at radius 3 is 2.26 bits per heavy atom. The Balaban J connectivity index is 1.65. The van der Waals surface area contributed by atoms with Crippen LogP contribution in [0.1, 0.15) is 36.1 Å². The molecule has 1 saturated heterocycles. The van der Waals surface area contributed by atoms with Crippen molar-refractivity contribution in [3.8, 4) is 10.6 Å². The molecule has 144 valence electrons. The van der Waals surface area contributed by atoms with E-state index in [0.717, 1.165) is 16.3 Å². The van der Waals surface area contributed by atoms with E-state index in [1.807, 2.05) is 39.8 Å². The summed E-state index contributed by atoms with van der Waals surface area (Å²) in [6.45, 7) is 9.30. The third-order valence-corrected chi connectivity index (χ3v) is 5.33. The number of amides is 2. The fourth-order valence-electron chi connectivity index (χ4n) is 2.78. The van der Waals surface area contributed by atoms with Crippen LogP contribution >= 0.6 is 11.3 Å². The first-order chi connectivity index (χ1) is 12.7. The Labute approximate surface area is 163 Å². The molecule has 8 heteroatoms. The number of thiazole rings is 1. The van der Waals surface area contributed by atoms with E-state index in [-0.39, 0.29) is 12.0 Å². The van der Waals surface area contributed by atoms with E-state index in [9.17, 15) is 9.59 Å². The number of nitrogens with zero attached hydrogens (tertiary/aromatic N) is 4. The third-order valence-electron chi connectivity index (χ3n) is 4.14. The number of piperazine rings is 1. The first-order valence-electron chi connectivity index (χ1n) is 8.89. The molecule has 2 amide bonds. The van der Waals surface area contributed by atoms with Crippen LogP contribution in [0.4, 0.5) is 4.79 Å². The second-order valence-corrected chi connectivity index (χ2v) is 8.43. The Hall–Kier alpha value is -2.48. The lowest BCUT2D eigenvalue weighted by Crippen LogP contribution is -2.51. The fraction of sp³-hybridized carbons (Fsp3) is 0.474. The van der Waals surface area contributed by atoms with Gasteiger partial charge in [-0.15, -0.1) is 11.3 Å². The van der Waals surface area contributed by atoms with Crippen LogP contribution in [0, 0.1) is 6.92 Å². The molecule has 0 spiro atoms. The van der Waals surface area contributed by atoms with Crippen molar-refractivity contribution in [2.24, 2.45) is 0 Å². The van der Waals surface area contributed by atoms with Crippen molar-refractivity contribution < 1.29 is 14.3 Å². The van der Waals surface area contributed by atoms with Crippen molar-refractivity contribution >= 4 is 23.3 Å². The van der Waals surface area contributed by atoms with Crippen LogP contribution in [-0.4, -0.2) is 63.5 Å². The van der Waals surface area contributed by atoms with Gasteiger partial charge in [0.15, 0.2) is 0 Å². The second kappa shape index (κ2) is 7.64. The van der Waals surface area contributed by atoms with E-state index in [1.54, 1.807) is 22.2 Å². The monoisotopic (exact) mass is 388 g/mol. The zero-order valence-electron chi connectivity index (χ0n) is 16.1. The number of pyridine rings is 1. The van der Waals surface area contributed by atoms with Gasteiger partial charge in [0.2, 0.25) is 0 Å². The van der Waals surface area contributed by atoms with Gasteiger partial charge in [0.05, 0.1) is 5.69 Å². The topological polar surface area (TPSA) is 75.6 Å². The summed E-state index contributed by atoms with van der Waals surface area (Å²) < 4.78 is 5.40. The minimum atomic E-state index is -0.521. The highest BCUT2D eigenvalue weighted by Gasteiger charge is 2.29. The third kappa shape index (κ3) is 4.63. The number of ether oxygens (including phenoxy) is 1. The number of carbonyl (C=O) groups is 2. The quantitative estimate of drug-likeness (QED) is 0.790. The van der Waals surface area contributed by atoms with Gasteiger partial charge in [-0.3, -0.25) is 9.78 Å². The fourth-order valence-corrected chi connectivity index (χ4v) is 3.81. The van der Waals surface area contributed by atoms with Gasteiger partial charge < -0.3 is 14.5 Å². The summed E-state index contributed by atoms with van der Waals surface area (Å²) in [6, 6.07) is 3.76. The number of rotatable bonds is 2. The predicted molar refractivity (Wildman–Crippen MR) is 104 cm³/mol. The molecule has 0 N–H and O–H groups in total. The van der Waals surface area contributed by atoms with Gasteiger partial charge in [-0.2, -0.15) is 0 Å². The van der Waals surface area contributed by atoms with Crippen LogP contribution in [0.3, 0.4) is 0 Å². The number of aromatic nitrogens is 2. The van der Waals surface area contributed by atoms with Crippen molar-refractivity contribution in [1.82, 2.24) is 19.8 Å². The van der Waals surface area contributed by atoms with Gasteiger partial charge in [-0.05, 0) is 39.8 Å². The molecular formula is C19H24N4O3S. The predicted octanol–water partition coefficient (Wildman–Crippen LogP) is 3.21. The maximum absolute atomic E-state index is 12.9. The Kier molecular flexibility index (Phi) is 5.46. The largest absolute Gasteiger partial charge is 0.444 e. The van der Waals surface area contributed by atoms with Crippen LogP contribution < -0.4 is 0 Å². The molecule has 3 rings (SSSR count). The molecular weight excluding hydrogens is 364 g/mol. The minimum Gasteiger partial charge on any atom is -0.444 e. The summed E-state index contributed by atoms with van der Waals surface area (Å²) >= 11 is 1.39. The van der Waals surface area contributed by atoms with E-state index >= 15 is 0 Å². The number of hydrogen-bond donors (Lipinski definition) is 0. The number of carbonyl (C=O) groups excluding carboxylic acids is 2. The lowest BCUT2D eigenvalue weighted by atomic mass is 10.2. The molecule has 1 fully saturated rings. The van der Waals surface area contributed by atoms with E-state index in [0.29, 0.717) is 31.1 Å².